The van der Waals surface area contributed by atoms with Crippen LogP contribution in [-0.4, -0.2) is 9.94 Å². The van der Waals surface area contributed by atoms with E-state index in [-0.39, 0.29) is 4.47 Å². The monoisotopic (exact) mass is 304 g/mol. The first kappa shape index (κ1) is 12.2. The van der Waals surface area contributed by atoms with Gasteiger partial charge in [0.25, 0.3) is 0 Å². The van der Waals surface area contributed by atoms with Gasteiger partial charge in [-0.15, -0.1) is 23.2 Å². The Bertz CT molecular complexity index is 323. The maximum atomic E-state index is 13.2. The lowest BCUT2D eigenvalue weighted by Gasteiger charge is -2.13. The highest BCUT2D eigenvalue weighted by Crippen LogP contribution is 2.30. The van der Waals surface area contributed by atoms with E-state index in [9.17, 15) is 13.9 Å². The van der Waals surface area contributed by atoms with E-state index < -0.39 is 28.1 Å². The zero-order valence-corrected chi connectivity index (χ0v) is 9.74. The second kappa shape index (κ2) is 4.75. The van der Waals surface area contributed by atoms with E-state index in [1.807, 2.05) is 0 Å². The number of hydrogen-bond acceptors (Lipinski definition) is 1. The lowest BCUT2D eigenvalue weighted by atomic mass is 10.1. The van der Waals surface area contributed by atoms with E-state index in [4.69, 9.17) is 23.2 Å². The Labute approximate surface area is 97.8 Å². The molecule has 0 radical (unpaired) electrons. The predicted molar refractivity (Wildman–Crippen MR) is 54.5 cm³/mol. The molecule has 14 heavy (non-hydrogen) atoms. The molecule has 6 heteroatoms. The first-order chi connectivity index (χ1) is 6.43. The molecule has 0 spiro atoms. The van der Waals surface area contributed by atoms with Gasteiger partial charge in [-0.25, -0.2) is 8.78 Å². The maximum Gasteiger partial charge on any atom is 0.137 e. The summed E-state index contributed by atoms with van der Waals surface area (Å²) in [5.41, 5.74) is -0.525. The van der Waals surface area contributed by atoms with Gasteiger partial charge in [-0.2, -0.15) is 0 Å². The molecule has 0 bridgehead atoms. The molecule has 1 atom stereocenters. The van der Waals surface area contributed by atoms with Crippen molar-refractivity contribution in [2.24, 2.45) is 0 Å². The lowest BCUT2D eigenvalue weighted by molar-refractivity contribution is 0.182. The van der Waals surface area contributed by atoms with E-state index in [0.29, 0.717) is 0 Å². The summed E-state index contributed by atoms with van der Waals surface area (Å²) in [5.74, 6) is -1.79. The fourth-order valence-corrected chi connectivity index (χ4v) is 1.62. The van der Waals surface area contributed by atoms with Crippen molar-refractivity contribution in [2.45, 2.75) is 10.9 Å². The van der Waals surface area contributed by atoms with Crippen LogP contribution in [-0.2, 0) is 0 Å². The molecule has 0 heterocycles. The zero-order chi connectivity index (χ0) is 10.9. The van der Waals surface area contributed by atoms with Crippen molar-refractivity contribution in [3.05, 3.63) is 33.8 Å². The summed E-state index contributed by atoms with van der Waals surface area (Å²) in [6.45, 7) is 0. The Balaban J connectivity index is 3.20. The Morgan fingerprint density at radius 1 is 1.21 bits per heavy atom. The molecule has 78 valence electrons. The van der Waals surface area contributed by atoms with Crippen LogP contribution >= 0.6 is 39.1 Å². The van der Waals surface area contributed by atoms with Crippen molar-refractivity contribution >= 4 is 39.1 Å². The molecule has 0 aliphatic heterocycles. The van der Waals surface area contributed by atoms with Gasteiger partial charge in [-0.3, -0.25) is 0 Å². The average Bonchev–Trinajstić information content (AvgIpc) is 2.01. The third-order valence-corrected chi connectivity index (χ3v) is 2.51. The highest BCUT2D eigenvalue weighted by molar-refractivity contribution is 9.10. The highest BCUT2D eigenvalue weighted by Gasteiger charge is 2.23. The number of rotatable bonds is 2. The van der Waals surface area contributed by atoms with Gasteiger partial charge >= 0.3 is 0 Å². The van der Waals surface area contributed by atoms with Crippen LogP contribution in [0.2, 0.25) is 0 Å². The Hall–Kier alpha value is 0.1000. The van der Waals surface area contributed by atoms with Crippen molar-refractivity contribution in [1.29, 1.82) is 0 Å². The Morgan fingerprint density at radius 3 is 2.00 bits per heavy atom. The largest absolute Gasteiger partial charge is 0.385 e. The van der Waals surface area contributed by atoms with Gasteiger partial charge in [0.05, 0.1) is 5.56 Å². The molecular weight excluding hydrogens is 301 g/mol. The number of aliphatic hydroxyl groups excluding tert-OH is 1. The SMILES string of the molecule is OC(c1c(F)cc(Br)cc1F)C(Cl)Cl. The smallest absolute Gasteiger partial charge is 0.137 e. The minimum Gasteiger partial charge on any atom is -0.385 e. The van der Waals surface area contributed by atoms with Crippen LogP contribution < -0.4 is 0 Å². The summed E-state index contributed by atoms with van der Waals surface area (Å²) in [4.78, 5) is -1.28. The standard InChI is InChI=1S/C8H5BrCl2F2O/c9-3-1-4(12)6(5(13)2-3)7(14)8(10)11/h1-2,7-8,14H. The third kappa shape index (κ3) is 2.57. The number of hydrogen-bond donors (Lipinski definition) is 1. The summed E-state index contributed by atoms with van der Waals surface area (Å²) < 4.78 is 26.6. The molecule has 0 amide bonds. The van der Waals surface area contributed by atoms with E-state index in [1.165, 1.54) is 0 Å². The van der Waals surface area contributed by atoms with Crippen molar-refractivity contribution in [3.8, 4) is 0 Å². The highest BCUT2D eigenvalue weighted by atomic mass is 79.9. The minimum atomic E-state index is -1.58. The molecular formula is C8H5BrCl2F2O. The van der Waals surface area contributed by atoms with Crippen molar-refractivity contribution in [3.63, 3.8) is 0 Å². The van der Waals surface area contributed by atoms with Gasteiger partial charge < -0.3 is 5.11 Å². The van der Waals surface area contributed by atoms with Crippen LogP contribution in [0.25, 0.3) is 0 Å². The van der Waals surface area contributed by atoms with Crippen LogP contribution in [0.1, 0.15) is 11.7 Å². The quantitative estimate of drug-likeness (QED) is 0.828. The molecule has 0 aliphatic rings. The second-order valence-corrected chi connectivity index (χ2v) is 4.64. The third-order valence-electron chi connectivity index (χ3n) is 1.58. The molecule has 1 aromatic rings. The summed E-state index contributed by atoms with van der Waals surface area (Å²) in [6, 6.07) is 2.05. The molecule has 0 saturated heterocycles. The van der Waals surface area contributed by atoms with Crippen molar-refractivity contribution < 1.29 is 13.9 Å². The van der Waals surface area contributed by atoms with Gasteiger partial charge in [0, 0.05) is 4.47 Å². The van der Waals surface area contributed by atoms with E-state index in [0.717, 1.165) is 12.1 Å². The molecule has 0 aromatic heterocycles. The van der Waals surface area contributed by atoms with Gasteiger partial charge in [0.2, 0.25) is 0 Å². The van der Waals surface area contributed by atoms with Gasteiger partial charge in [0.15, 0.2) is 0 Å². The first-order valence-electron chi connectivity index (χ1n) is 3.54. The normalized spacial score (nSPS) is 13.4. The second-order valence-electron chi connectivity index (χ2n) is 2.56. The Morgan fingerprint density at radius 2 is 1.64 bits per heavy atom. The Kier molecular flexibility index (Phi) is 4.13. The van der Waals surface area contributed by atoms with Crippen LogP contribution in [0, 0.1) is 11.6 Å². The molecule has 1 N–H and O–H groups in total. The van der Waals surface area contributed by atoms with Gasteiger partial charge in [0.1, 0.15) is 22.6 Å². The minimum absolute atomic E-state index is 0.240. The number of benzene rings is 1. The molecule has 0 aliphatic carbocycles. The van der Waals surface area contributed by atoms with E-state index >= 15 is 0 Å². The fourth-order valence-electron chi connectivity index (χ4n) is 0.962. The van der Waals surface area contributed by atoms with Crippen LogP contribution in [0.5, 0.6) is 0 Å². The number of aliphatic hydroxyl groups is 1. The molecule has 0 fully saturated rings. The molecule has 0 saturated carbocycles. The van der Waals surface area contributed by atoms with E-state index in [1.54, 1.807) is 0 Å². The van der Waals surface area contributed by atoms with E-state index in [2.05, 4.69) is 15.9 Å². The van der Waals surface area contributed by atoms with Crippen molar-refractivity contribution in [1.82, 2.24) is 0 Å². The molecule has 1 aromatic carbocycles. The van der Waals surface area contributed by atoms with Gasteiger partial charge in [-0.05, 0) is 12.1 Å². The van der Waals surface area contributed by atoms with Crippen molar-refractivity contribution in [2.75, 3.05) is 0 Å². The summed E-state index contributed by atoms with van der Waals surface area (Å²) in [5, 5.41) is 9.29. The van der Waals surface area contributed by atoms with Crippen LogP contribution in [0.3, 0.4) is 0 Å². The van der Waals surface area contributed by atoms with Crippen LogP contribution in [0.15, 0.2) is 16.6 Å². The summed E-state index contributed by atoms with van der Waals surface area (Å²) >= 11 is 13.5. The average molecular weight is 306 g/mol. The summed E-state index contributed by atoms with van der Waals surface area (Å²) in [6.07, 6.45) is -1.58. The predicted octanol–water partition coefficient (Wildman–Crippen LogP) is 3.56. The fraction of sp³-hybridized carbons (Fsp3) is 0.250. The number of alkyl halides is 2. The molecule has 1 nitrogen and oxygen atoms in total. The van der Waals surface area contributed by atoms with Crippen LogP contribution in [0.4, 0.5) is 8.78 Å². The summed E-state index contributed by atoms with van der Waals surface area (Å²) in [7, 11) is 0. The molecule has 1 rings (SSSR count). The zero-order valence-electron chi connectivity index (χ0n) is 6.65. The first-order valence-corrected chi connectivity index (χ1v) is 5.20. The number of halogens is 5. The molecule has 1 unspecified atom stereocenters. The lowest BCUT2D eigenvalue weighted by Crippen LogP contribution is -2.10. The topological polar surface area (TPSA) is 20.2 Å². The van der Waals surface area contributed by atoms with Gasteiger partial charge in [-0.1, -0.05) is 15.9 Å². The maximum absolute atomic E-state index is 13.2.